The van der Waals surface area contributed by atoms with E-state index in [-0.39, 0.29) is 6.10 Å². The molecule has 1 aromatic heterocycles. The van der Waals surface area contributed by atoms with Crippen molar-refractivity contribution < 1.29 is 4.74 Å². The molecule has 22 heavy (non-hydrogen) atoms. The molecule has 5 heteroatoms. The van der Waals surface area contributed by atoms with Crippen molar-refractivity contribution in [3.05, 3.63) is 48.0 Å². The predicted molar refractivity (Wildman–Crippen MR) is 93.7 cm³/mol. The van der Waals surface area contributed by atoms with Crippen LogP contribution in [0.2, 0.25) is 5.02 Å². The molecule has 0 aliphatic heterocycles. The third kappa shape index (κ3) is 6.42. The van der Waals surface area contributed by atoms with Crippen LogP contribution in [0.5, 0.6) is 0 Å². The van der Waals surface area contributed by atoms with Crippen molar-refractivity contribution in [2.24, 2.45) is 0 Å². The summed E-state index contributed by atoms with van der Waals surface area (Å²) >= 11 is 7.73. The number of nitrogens with zero attached hydrogens (tertiary/aromatic N) is 2. The van der Waals surface area contributed by atoms with Gasteiger partial charge in [0.1, 0.15) is 0 Å². The Balaban J connectivity index is 1.84. The van der Waals surface area contributed by atoms with Gasteiger partial charge in [0.05, 0.1) is 19.0 Å². The van der Waals surface area contributed by atoms with E-state index in [0.717, 1.165) is 30.3 Å². The number of unbranched alkanes of at least 4 members (excludes halogenated alkanes) is 2. The van der Waals surface area contributed by atoms with Gasteiger partial charge >= 0.3 is 0 Å². The molecule has 1 heterocycles. The fraction of sp³-hybridized carbons (Fsp3) is 0.471. The van der Waals surface area contributed by atoms with Crippen LogP contribution in [-0.4, -0.2) is 28.0 Å². The second-order valence-electron chi connectivity index (χ2n) is 5.22. The molecule has 0 fully saturated rings. The molecule has 1 unspecified atom stereocenters. The zero-order valence-corrected chi connectivity index (χ0v) is 14.5. The van der Waals surface area contributed by atoms with Crippen LogP contribution in [-0.2, 0) is 11.3 Å². The molecule has 3 nitrogen and oxygen atoms in total. The lowest BCUT2D eigenvalue weighted by atomic mass is 10.3. The molecule has 0 aliphatic rings. The standard InChI is InChI=1S/C17H23ClN2OS/c1-2-3-4-11-21-16(12-20-10-9-19-14-20)13-22-17-7-5-15(18)6-8-17/h5-10,14,16H,2-4,11-13H2,1H3. The lowest BCUT2D eigenvalue weighted by molar-refractivity contribution is 0.0550. The van der Waals surface area contributed by atoms with Crippen LogP contribution in [0.1, 0.15) is 26.2 Å². The van der Waals surface area contributed by atoms with Crippen LogP contribution in [0.15, 0.2) is 47.9 Å². The highest BCUT2D eigenvalue weighted by Gasteiger charge is 2.11. The van der Waals surface area contributed by atoms with Gasteiger partial charge in [0, 0.05) is 34.7 Å². The molecule has 0 N–H and O–H groups in total. The Kier molecular flexibility index (Phi) is 7.85. The van der Waals surface area contributed by atoms with Crippen LogP contribution in [0, 0.1) is 0 Å². The highest BCUT2D eigenvalue weighted by atomic mass is 35.5. The molecule has 0 saturated carbocycles. The molecule has 1 atom stereocenters. The van der Waals surface area contributed by atoms with E-state index in [1.807, 2.05) is 24.7 Å². The fourth-order valence-corrected chi connectivity index (χ4v) is 3.14. The summed E-state index contributed by atoms with van der Waals surface area (Å²) in [7, 11) is 0. The maximum Gasteiger partial charge on any atom is 0.0946 e. The third-order valence-corrected chi connectivity index (χ3v) is 4.72. The summed E-state index contributed by atoms with van der Waals surface area (Å²) in [5, 5.41) is 0.773. The maximum absolute atomic E-state index is 6.07. The van der Waals surface area contributed by atoms with Gasteiger partial charge in [0.25, 0.3) is 0 Å². The van der Waals surface area contributed by atoms with Gasteiger partial charge in [0.2, 0.25) is 0 Å². The molecule has 120 valence electrons. The number of hydrogen-bond donors (Lipinski definition) is 0. The van der Waals surface area contributed by atoms with E-state index < -0.39 is 0 Å². The second-order valence-corrected chi connectivity index (χ2v) is 6.75. The third-order valence-electron chi connectivity index (χ3n) is 3.32. The monoisotopic (exact) mass is 338 g/mol. The van der Waals surface area contributed by atoms with Crippen LogP contribution >= 0.6 is 23.4 Å². The van der Waals surface area contributed by atoms with Crippen molar-refractivity contribution in [2.75, 3.05) is 12.4 Å². The smallest absolute Gasteiger partial charge is 0.0946 e. The number of benzene rings is 1. The molecular formula is C17H23ClN2OS. The fourth-order valence-electron chi connectivity index (χ4n) is 2.11. The first kappa shape index (κ1) is 17.4. The van der Waals surface area contributed by atoms with E-state index in [0.29, 0.717) is 0 Å². The summed E-state index contributed by atoms with van der Waals surface area (Å²) in [5.74, 6) is 0.923. The van der Waals surface area contributed by atoms with Gasteiger partial charge in [-0.15, -0.1) is 11.8 Å². The molecule has 0 aliphatic carbocycles. The molecule has 0 radical (unpaired) electrons. The highest BCUT2D eigenvalue weighted by molar-refractivity contribution is 7.99. The summed E-state index contributed by atoms with van der Waals surface area (Å²) in [6, 6.07) is 7.96. The van der Waals surface area contributed by atoms with Crippen LogP contribution in [0.4, 0.5) is 0 Å². The quantitative estimate of drug-likeness (QED) is 0.455. The zero-order chi connectivity index (χ0) is 15.6. The van der Waals surface area contributed by atoms with E-state index in [1.165, 1.54) is 17.7 Å². The Labute approximate surface area is 142 Å². The molecule has 1 aromatic carbocycles. The first-order valence-corrected chi connectivity index (χ1v) is 9.10. The van der Waals surface area contributed by atoms with Crippen LogP contribution in [0.25, 0.3) is 0 Å². The Morgan fingerprint density at radius 1 is 1.27 bits per heavy atom. The minimum atomic E-state index is 0.187. The van der Waals surface area contributed by atoms with Crippen LogP contribution < -0.4 is 0 Å². The summed E-state index contributed by atoms with van der Waals surface area (Å²) in [5.41, 5.74) is 0. The molecule has 0 saturated heterocycles. The highest BCUT2D eigenvalue weighted by Crippen LogP contribution is 2.22. The number of rotatable bonds is 10. The van der Waals surface area contributed by atoms with E-state index in [1.54, 1.807) is 18.0 Å². The van der Waals surface area contributed by atoms with Gasteiger partial charge in [-0.2, -0.15) is 0 Å². The average molecular weight is 339 g/mol. The maximum atomic E-state index is 6.07. The molecule has 0 spiro atoms. The SMILES string of the molecule is CCCCCOC(CSc1ccc(Cl)cc1)Cn1ccnc1. The van der Waals surface area contributed by atoms with E-state index in [2.05, 4.69) is 28.6 Å². The van der Waals surface area contributed by atoms with E-state index in [9.17, 15) is 0 Å². The number of hydrogen-bond acceptors (Lipinski definition) is 3. The normalized spacial score (nSPS) is 12.5. The van der Waals surface area contributed by atoms with Gasteiger partial charge in [-0.3, -0.25) is 0 Å². The number of imidazole rings is 1. The topological polar surface area (TPSA) is 27.1 Å². The van der Waals surface area contributed by atoms with Crippen molar-refractivity contribution in [1.29, 1.82) is 0 Å². The summed E-state index contributed by atoms with van der Waals surface area (Å²) in [6.45, 7) is 3.88. The molecule has 0 bridgehead atoms. The Morgan fingerprint density at radius 2 is 2.09 bits per heavy atom. The van der Waals surface area contributed by atoms with Gasteiger partial charge < -0.3 is 9.30 Å². The van der Waals surface area contributed by atoms with Crippen molar-refractivity contribution in [3.63, 3.8) is 0 Å². The zero-order valence-electron chi connectivity index (χ0n) is 13.0. The van der Waals surface area contributed by atoms with Gasteiger partial charge in [-0.25, -0.2) is 4.98 Å². The van der Waals surface area contributed by atoms with Crippen LogP contribution in [0.3, 0.4) is 0 Å². The van der Waals surface area contributed by atoms with Crippen molar-refractivity contribution >= 4 is 23.4 Å². The van der Waals surface area contributed by atoms with Gasteiger partial charge in [-0.05, 0) is 30.7 Å². The summed E-state index contributed by atoms with van der Waals surface area (Å²) < 4.78 is 8.14. The van der Waals surface area contributed by atoms with Crippen molar-refractivity contribution in [2.45, 2.75) is 43.7 Å². The largest absolute Gasteiger partial charge is 0.375 e. The molecular weight excluding hydrogens is 316 g/mol. The van der Waals surface area contributed by atoms with E-state index in [4.69, 9.17) is 16.3 Å². The van der Waals surface area contributed by atoms with Gasteiger partial charge in [-0.1, -0.05) is 31.4 Å². The summed E-state index contributed by atoms with van der Waals surface area (Å²) in [6.07, 6.45) is 9.39. The Bertz CT molecular complexity index is 516. The first-order valence-electron chi connectivity index (χ1n) is 7.73. The lowest BCUT2D eigenvalue weighted by Gasteiger charge is -2.18. The predicted octanol–water partition coefficient (Wildman–Crippen LogP) is 4.90. The minimum Gasteiger partial charge on any atom is -0.375 e. The number of aromatic nitrogens is 2. The van der Waals surface area contributed by atoms with Crippen molar-refractivity contribution in [3.8, 4) is 0 Å². The Morgan fingerprint density at radius 3 is 2.77 bits per heavy atom. The van der Waals surface area contributed by atoms with Gasteiger partial charge in [0.15, 0.2) is 0 Å². The summed E-state index contributed by atoms with van der Waals surface area (Å²) in [4.78, 5) is 5.32. The second kappa shape index (κ2) is 9.93. The van der Waals surface area contributed by atoms with E-state index >= 15 is 0 Å². The average Bonchev–Trinajstić information content (AvgIpc) is 3.03. The lowest BCUT2D eigenvalue weighted by Crippen LogP contribution is -2.23. The minimum absolute atomic E-state index is 0.187. The molecule has 2 rings (SSSR count). The number of halogens is 1. The molecule has 2 aromatic rings. The number of thioether (sulfide) groups is 1. The molecule has 0 amide bonds. The first-order chi connectivity index (χ1) is 10.8. The van der Waals surface area contributed by atoms with Crippen molar-refractivity contribution in [1.82, 2.24) is 9.55 Å². The Hall–Kier alpha value is -0.970. The number of ether oxygens (including phenoxy) is 1.